The van der Waals surface area contributed by atoms with Crippen LogP contribution in [0.2, 0.25) is 0 Å². The van der Waals surface area contributed by atoms with Gasteiger partial charge in [0.1, 0.15) is 11.6 Å². The Bertz CT molecular complexity index is 303. The molecule has 1 unspecified atom stereocenters. The third kappa shape index (κ3) is 2.85. The van der Waals surface area contributed by atoms with E-state index in [9.17, 15) is 0 Å². The predicted molar refractivity (Wildman–Crippen MR) is 55.5 cm³/mol. The third-order valence-corrected chi connectivity index (χ3v) is 1.77. The summed E-state index contributed by atoms with van der Waals surface area (Å²) in [5.41, 5.74) is 5.49. The number of anilines is 1. The van der Waals surface area contributed by atoms with Crippen LogP contribution in [-0.2, 0) is 0 Å². The standard InChI is InChI=1S/C9H16N4O/c1-6(5-10)11-8-4-9(14-3)13-7(2)12-8/h4,6H,5,10H2,1-3H3,(H,11,12,13). The summed E-state index contributed by atoms with van der Waals surface area (Å²) >= 11 is 0. The van der Waals surface area contributed by atoms with Crippen LogP contribution in [0.5, 0.6) is 5.88 Å². The highest BCUT2D eigenvalue weighted by Gasteiger charge is 2.04. The summed E-state index contributed by atoms with van der Waals surface area (Å²) in [6.07, 6.45) is 0. The minimum atomic E-state index is 0.189. The van der Waals surface area contributed by atoms with E-state index in [2.05, 4.69) is 15.3 Å². The highest BCUT2D eigenvalue weighted by Crippen LogP contribution is 2.13. The van der Waals surface area contributed by atoms with Gasteiger partial charge in [-0.3, -0.25) is 0 Å². The van der Waals surface area contributed by atoms with Gasteiger partial charge in [0.15, 0.2) is 0 Å². The Labute approximate surface area is 83.7 Å². The Hall–Kier alpha value is -1.36. The van der Waals surface area contributed by atoms with Crippen LogP contribution in [0.1, 0.15) is 12.7 Å². The van der Waals surface area contributed by atoms with Crippen molar-refractivity contribution < 1.29 is 4.74 Å². The van der Waals surface area contributed by atoms with Crippen LogP contribution in [-0.4, -0.2) is 29.7 Å². The van der Waals surface area contributed by atoms with Gasteiger partial charge >= 0.3 is 0 Å². The molecule has 1 aromatic rings. The van der Waals surface area contributed by atoms with Gasteiger partial charge in [0, 0.05) is 18.7 Å². The minimum Gasteiger partial charge on any atom is -0.481 e. The van der Waals surface area contributed by atoms with Gasteiger partial charge in [0.25, 0.3) is 0 Å². The third-order valence-electron chi connectivity index (χ3n) is 1.77. The maximum Gasteiger partial charge on any atom is 0.218 e. The number of nitrogens with one attached hydrogen (secondary N) is 1. The Morgan fingerprint density at radius 1 is 1.57 bits per heavy atom. The molecule has 0 radical (unpaired) electrons. The summed E-state index contributed by atoms with van der Waals surface area (Å²) in [5, 5.41) is 3.15. The zero-order chi connectivity index (χ0) is 10.6. The maximum atomic E-state index is 5.49. The molecule has 0 aromatic carbocycles. The molecule has 0 aliphatic carbocycles. The van der Waals surface area contributed by atoms with E-state index < -0.39 is 0 Å². The van der Waals surface area contributed by atoms with Gasteiger partial charge in [-0.05, 0) is 13.8 Å². The lowest BCUT2D eigenvalue weighted by molar-refractivity contribution is 0.396. The molecule has 5 heteroatoms. The number of methoxy groups -OCH3 is 1. The molecular formula is C9H16N4O. The molecule has 0 aliphatic rings. The topological polar surface area (TPSA) is 73.1 Å². The van der Waals surface area contributed by atoms with Crippen molar-refractivity contribution in [2.45, 2.75) is 19.9 Å². The zero-order valence-corrected chi connectivity index (χ0v) is 8.74. The van der Waals surface area contributed by atoms with E-state index in [0.29, 0.717) is 18.2 Å². The number of hydrogen-bond donors (Lipinski definition) is 2. The lowest BCUT2D eigenvalue weighted by atomic mass is 10.3. The fraction of sp³-hybridized carbons (Fsp3) is 0.556. The Morgan fingerprint density at radius 3 is 2.86 bits per heavy atom. The number of nitrogens with two attached hydrogens (primary N) is 1. The van der Waals surface area contributed by atoms with Crippen LogP contribution >= 0.6 is 0 Å². The van der Waals surface area contributed by atoms with E-state index in [4.69, 9.17) is 10.5 Å². The van der Waals surface area contributed by atoms with Crippen molar-refractivity contribution in [3.63, 3.8) is 0 Å². The maximum absolute atomic E-state index is 5.49. The quantitative estimate of drug-likeness (QED) is 0.735. The first-order valence-electron chi connectivity index (χ1n) is 4.52. The molecule has 0 bridgehead atoms. The number of hydrogen-bond acceptors (Lipinski definition) is 5. The second-order valence-corrected chi connectivity index (χ2v) is 3.12. The van der Waals surface area contributed by atoms with Crippen molar-refractivity contribution in [3.8, 4) is 5.88 Å². The molecule has 14 heavy (non-hydrogen) atoms. The van der Waals surface area contributed by atoms with E-state index in [1.54, 1.807) is 13.2 Å². The smallest absolute Gasteiger partial charge is 0.218 e. The monoisotopic (exact) mass is 196 g/mol. The number of aryl methyl sites for hydroxylation is 1. The van der Waals surface area contributed by atoms with Crippen molar-refractivity contribution in [1.29, 1.82) is 0 Å². The largest absolute Gasteiger partial charge is 0.481 e. The number of ether oxygens (including phenoxy) is 1. The van der Waals surface area contributed by atoms with Crippen molar-refractivity contribution >= 4 is 5.82 Å². The zero-order valence-electron chi connectivity index (χ0n) is 8.74. The minimum absolute atomic E-state index is 0.189. The molecular weight excluding hydrogens is 180 g/mol. The molecule has 0 aliphatic heterocycles. The highest BCUT2D eigenvalue weighted by molar-refractivity contribution is 5.39. The first kappa shape index (κ1) is 10.7. The normalized spacial score (nSPS) is 12.3. The molecule has 0 fully saturated rings. The van der Waals surface area contributed by atoms with Crippen LogP contribution in [0.15, 0.2) is 6.07 Å². The van der Waals surface area contributed by atoms with E-state index in [-0.39, 0.29) is 6.04 Å². The summed E-state index contributed by atoms with van der Waals surface area (Å²) in [6.45, 7) is 4.37. The molecule has 0 amide bonds. The summed E-state index contributed by atoms with van der Waals surface area (Å²) in [4.78, 5) is 8.29. The second kappa shape index (κ2) is 4.76. The van der Waals surface area contributed by atoms with Crippen LogP contribution in [0.25, 0.3) is 0 Å². The lowest BCUT2D eigenvalue weighted by Crippen LogP contribution is -2.25. The molecule has 1 heterocycles. The van der Waals surface area contributed by atoms with Gasteiger partial charge in [0.05, 0.1) is 7.11 Å². The Morgan fingerprint density at radius 2 is 2.29 bits per heavy atom. The van der Waals surface area contributed by atoms with Crippen molar-refractivity contribution in [3.05, 3.63) is 11.9 Å². The van der Waals surface area contributed by atoms with Crippen LogP contribution < -0.4 is 15.8 Å². The van der Waals surface area contributed by atoms with E-state index >= 15 is 0 Å². The van der Waals surface area contributed by atoms with Crippen molar-refractivity contribution in [1.82, 2.24) is 9.97 Å². The molecule has 78 valence electrons. The molecule has 3 N–H and O–H groups in total. The summed E-state index contributed by atoms with van der Waals surface area (Å²) in [6, 6.07) is 1.94. The predicted octanol–water partition coefficient (Wildman–Crippen LogP) is 0.553. The fourth-order valence-corrected chi connectivity index (χ4v) is 1.03. The van der Waals surface area contributed by atoms with Gasteiger partial charge in [-0.1, -0.05) is 0 Å². The van der Waals surface area contributed by atoms with Gasteiger partial charge in [-0.2, -0.15) is 4.98 Å². The van der Waals surface area contributed by atoms with Gasteiger partial charge in [-0.15, -0.1) is 0 Å². The number of aromatic nitrogens is 2. The SMILES string of the molecule is COc1cc(NC(C)CN)nc(C)n1. The fourth-order valence-electron chi connectivity index (χ4n) is 1.03. The van der Waals surface area contributed by atoms with E-state index in [0.717, 1.165) is 5.82 Å². The van der Waals surface area contributed by atoms with Gasteiger partial charge in [-0.25, -0.2) is 4.98 Å². The lowest BCUT2D eigenvalue weighted by Gasteiger charge is -2.12. The van der Waals surface area contributed by atoms with E-state index in [1.165, 1.54) is 0 Å². The first-order valence-corrected chi connectivity index (χ1v) is 4.52. The summed E-state index contributed by atoms with van der Waals surface area (Å²) < 4.78 is 5.03. The van der Waals surface area contributed by atoms with E-state index in [1.807, 2.05) is 13.8 Å². The molecule has 0 spiro atoms. The number of nitrogens with zero attached hydrogens (tertiary/aromatic N) is 2. The Kier molecular flexibility index (Phi) is 3.64. The molecule has 1 atom stereocenters. The second-order valence-electron chi connectivity index (χ2n) is 3.12. The average molecular weight is 196 g/mol. The van der Waals surface area contributed by atoms with Crippen molar-refractivity contribution in [2.24, 2.45) is 5.73 Å². The number of rotatable bonds is 4. The molecule has 1 aromatic heterocycles. The van der Waals surface area contributed by atoms with Crippen LogP contribution in [0.3, 0.4) is 0 Å². The highest BCUT2D eigenvalue weighted by atomic mass is 16.5. The Balaban J connectivity index is 2.81. The van der Waals surface area contributed by atoms with Crippen LogP contribution in [0.4, 0.5) is 5.82 Å². The van der Waals surface area contributed by atoms with Gasteiger partial charge < -0.3 is 15.8 Å². The molecule has 1 rings (SSSR count). The average Bonchev–Trinajstić information content (AvgIpc) is 2.16. The van der Waals surface area contributed by atoms with Crippen LogP contribution in [0, 0.1) is 6.92 Å². The first-order chi connectivity index (χ1) is 6.65. The molecule has 0 saturated carbocycles. The molecule has 0 saturated heterocycles. The molecule has 5 nitrogen and oxygen atoms in total. The summed E-state index contributed by atoms with van der Waals surface area (Å²) in [7, 11) is 1.58. The van der Waals surface area contributed by atoms with Gasteiger partial charge in [0.2, 0.25) is 5.88 Å². The summed E-state index contributed by atoms with van der Waals surface area (Å²) in [5.74, 6) is 1.98. The van der Waals surface area contributed by atoms with Crippen molar-refractivity contribution in [2.75, 3.05) is 19.0 Å².